The molecule has 1 amide bonds. The summed E-state index contributed by atoms with van der Waals surface area (Å²) >= 11 is 0. The zero-order valence-corrected chi connectivity index (χ0v) is 14.5. The van der Waals surface area contributed by atoms with Crippen molar-refractivity contribution in [3.8, 4) is 11.5 Å². The maximum absolute atomic E-state index is 12.6. The molecule has 132 valence electrons. The molecule has 2 aromatic heterocycles. The fraction of sp³-hybridized carbons (Fsp3) is 0.222. The largest absolute Gasteiger partial charge is 0.366 e. The van der Waals surface area contributed by atoms with Crippen molar-refractivity contribution < 1.29 is 4.79 Å². The molecule has 4 rings (SSSR count). The Labute approximate surface area is 150 Å². The Bertz CT molecular complexity index is 964. The van der Waals surface area contributed by atoms with Crippen LogP contribution < -0.4 is 16.0 Å². The molecular formula is C18H19N7O. The fourth-order valence-electron chi connectivity index (χ4n) is 2.84. The van der Waals surface area contributed by atoms with Crippen LogP contribution in [0.25, 0.3) is 11.5 Å². The van der Waals surface area contributed by atoms with Gasteiger partial charge in [0.1, 0.15) is 17.8 Å². The monoisotopic (exact) mass is 349 g/mol. The molecule has 3 aromatic rings. The van der Waals surface area contributed by atoms with Gasteiger partial charge in [0, 0.05) is 11.6 Å². The minimum absolute atomic E-state index is 0.212. The molecule has 0 fully saturated rings. The predicted molar refractivity (Wildman–Crippen MR) is 100 cm³/mol. The first-order chi connectivity index (χ1) is 12.6. The van der Waals surface area contributed by atoms with Gasteiger partial charge in [-0.15, -0.1) is 10.2 Å². The molecule has 0 saturated carbocycles. The molecular weight excluding hydrogens is 330 g/mol. The van der Waals surface area contributed by atoms with Crippen molar-refractivity contribution in [2.24, 2.45) is 0 Å². The van der Waals surface area contributed by atoms with Gasteiger partial charge in [0.25, 0.3) is 5.91 Å². The standard InChI is InChI=1S/C18H19N7O/c1-11(2)25-10-21-24-17(25)14-4-3-5-16(22-14)23-18(26)12-6-7-13-15(8-12)20-9-19-13/h3-8,10-11,19-20H,9H2,1-2H3,(H,22,23,26). The van der Waals surface area contributed by atoms with Crippen LogP contribution in [0.3, 0.4) is 0 Å². The molecule has 8 heteroatoms. The maximum atomic E-state index is 12.6. The molecule has 0 unspecified atom stereocenters. The Morgan fingerprint density at radius 1 is 1.19 bits per heavy atom. The third-order valence-corrected chi connectivity index (χ3v) is 4.19. The smallest absolute Gasteiger partial charge is 0.256 e. The Hall–Kier alpha value is -3.42. The molecule has 3 heterocycles. The van der Waals surface area contributed by atoms with Crippen LogP contribution in [0.1, 0.15) is 30.2 Å². The van der Waals surface area contributed by atoms with E-state index in [0.29, 0.717) is 29.6 Å². The van der Waals surface area contributed by atoms with Crippen LogP contribution >= 0.6 is 0 Å². The number of carbonyl (C=O) groups excluding carboxylic acids is 1. The van der Waals surface area contributed by atoms with Crippen LogP contribution in [0.4, 0.5) is 17.2 Å². The lowest BCUT2D eigenvalue weighted by molar-refractivity contribution is 0.102. The van der Waals surface area contributed by atoms with Crippen molar-refractivity contribution in [2.45, 2.75) is 19.9 Å². The zero-order valence-electron chi connectivity index (χ0n) is 14.5. The van der Waals surface area contributed by atoms with E-state index in [1.807, 2.05) is 28.8 Å². The van der Waals surface area contributed by atoms with Gasteiger partial charge in [-0.25, -0.2) is 4.98 Å². The van der Waals surface area contributed by atoms with Gasteiger partial charge in [0.2, 0.25) is 0 Å². The quantitative estimate of drug-likeness (QED) is 0.670. The molecule has 0 atom stereocenters. The highest BCUT2D eigenvalue weighted by atomic mass is 16.1. The van der Waals surface area contributed by atoms with Crippen molar-refractivity contribution in [1.82, 2.24) is 19.7 Å². The fourth-order valence-corrected chi connectivity index (χ4v) is 2.84. The van der Waals surface area contributed by atoms with Crippen LogP contribution in [-0.4, -0.2) is 32.3 Å². The highest BCUT2D eigenvalue weighted by Crippen LogP contribution is 2.27. The van der Waals surface area contributed by atoms with Crippen LogP contribution in [0.2, 0.25) is 0 Å². The van der Waals surface area contributed by atoms with E-state index in [9.17, 15) is 4.79 Å². The van der Waals surface area contributed by atoms with Gasteiger partial charge in [0.15, 0.2) is 5.82 Å². The van der Waals surface area contributed by atoms with Crippen molar-refractivity contribution >= 4 is 23.1 Å². The van der Waals surface area contributed by atoms with E-state index in [-0.39, 0.29) is 11.9 Å². The highest BCUT2D eigenvalue weighted by molar-refractivity contribution is 6.05. The number of fused-ring (bicyclic) bond motifs is 1. The number of aromatic nitrogens is 4. The van der Waals surface area contributed by atoms with Crippen LogP contribution in [0.5, 0.6) is 0 Å². The van der Waals surface area contributed by atoms with Crippen molar-refractivity contribution in [3.63, 3.8) is 0 Å². The van der Waals surface area contributed by atoms with E-state index in [0.717, 1.165) is 11.4 Å². The second-order valence-corrected chi connectivity index (χ2v) is 6.31. The number of anilines is 3. The third-order valence-electron chi connectivity index (χ3n) is 4.19. The number of nitrogens with zero attached hydrogens (tertiary/aromatic N) is 4. The summed E-state index contributed by atoms with van der Waals surface area (Å²) in [6.45, 7) is 4.77. The Morgan fingerprint density at radius 2 is 2.04 bits per heavy atom. The average Bonchev–Trinajstić information content (AvgIpc) is 3.30. The molecule has 1 aromatic carbocycles. The minimum Gasteiger partial charge on any atom is -0.366 e. The molecule has 26 heavy (non-hydrogen) atoms. The average molecular weight is 349 g/mol. The first kappa shape index (κ1) is 16.1. The molecule has 0 saturated heterocycles. The van der Waals surface area contributed by atoms with Crippen molar-refractivity contribution in [3.05, 3.63) is 48.3 Å². The number of hydrogen-bond acceptors (Lipinski definition) is 6. The van der Waals surface area contributed by atoms with Gasteiger partial charge in [-0.1, -0.05) is 6.07 Å². The number of amides is 1. The normalized spacial score (nSPS) is 12.4. The summed E-state index contributed by atoms with van der Waals surface area (Å²) in [7, 11) is 0. The lowest BCUT2D eigenvalue weighted by Crippen LogP contribution is -2.13. The van der Waals surface area contributed by atoms with Crippen LogP contribution in [0.15, 0.2) is 42.7 Å². The number of pyridine rings is 1. The zero-order chi connectivity index (χ0) is 18.1. The van der Waals surface area contributed by atoms with Crippen molar-refractivity contribution in [1.29, 1.82) is 0 Å². The molecule has 0 spiro atoms. The Kier molecular flexibility index (Phi) is 4.00. The minimum atomic E-state index is -0.212. The van der Waals surface area contributed by atoms with Gasteiger partial charge >= 0.3 is 0 Å². The lowest BCUT2D eigenvalue weighted by Gasteiger charge is -2.11. The molecule has 0 radical (unpaired) electrons. The SMILES string of the molecule is CC(C)n1cnnc1-c1cccc(NC(=O)c2ccc3c(c2)NCN3)n1. The maximum Gasteiger partial charge on any atom is 0.256 e. The third kappa shape index (κ3) is 2.97. The number of nitrogens with one attached hydrogen (secondary N) is 3. The molecule has 0 aliphatic carbocycles. The molecule has 3 N–H and O–H groups in total. The van der Waals surface area contributed by atoms with Gasteiger partial charge in [-0.05, 0) is 44.2 Å². The number of rotatable bonds is 4. The lowest BCUT2D eigenvalue weighted by atomic mass is 10.1. The molecule has 1 aliphatic rings. The van der Waals surface area contributed by atoms with Gasteiger partial charge in [-0.2, -0.15) is 0 Å². The van der Waals surface area contributed by atoms with E-state index >= 15 is 0 Å². The first-order valence-electron chi connectivity index (χ1n) is 8.42. The van der Waals surface area contributed by atoms with Gasteiger partial charge < -0.3 is 20.5 Å². The number of carbonyl (C=O) groups is 1. The second kappa shape index (κ2) is 6.47. The Balaban J connectivity index is 1.57. The van der Waals surface area contributed by atoms with E-state index < -0.39 is 0 Å². The van der Waals surface area contributed by atoms with Crippen molar-refractivity contribution in [2.75, 3.05) is 22.6 Å². The molecule has 8 nitrogen and oxygen atoms in total. The van der Waals surface area contributed by atoms with E-state index in [1.54, 1.807) is 18.5 Å². The first-order valence-corrected chi connectivity index (χ1v) is 8.42. The topological polar surface area (TPSA) is 96.8 Å². The van der Waals surface area contributed by atoms with E-state index in [2.05, 4.69) is 45.0 Å². The summed E-state index contributed by atoms with van der Waals surface area (Å²) in [5.41, 5.74) is 3.14. The van der Waals surface area contributed by atoms with Crippen LogP contribution in [-0.2, 0) is 0 Å². The van der Waals surface area contributed by atoms with Crippen LogP contribution in [0, 0.1) is 0 Å². The van der Waals surface area contributed by atoms with Gasteiger partial charge in [0.05, 0.1) is 18.0 Å². The van der Waals surface area contributed by atoms with E-state index in [1.165, 1.54) is 0 Å². The number of benzene rings is 1. The Morgan fingerprint density at radius 3 is 2.88 bits per heavy atom. The molecule has 0 bridgehead atoms. The summed E-state index contributed by atoms with van der Waals surface area (Å²) in [6, 6.07) is 11.2. The predicted octanol–water partition coefficient (Wildman–Crippen LogP) is 2.97. The highest BCUT2D eigenvalue weighted by Gasteiger charge is 2.15. The summed E-state index contributed by atoms with van der Waals surface area (Å²) < 4.78 is 1.94. The summed E-state index contributed by atoms with van der Waals surface area (Å²) in [5, 5.41) is 17.3. The van der Waals surface area contributed by atoms with Gasteiger partial charge in [-0.3, -0.25) is 4.79 Å². The second-order valence-electron chi connectivity index (χ2n) is 6.31. The summed E-state index contributed by atoms with van der Waals surface area (Å²) in [5.74, 6) is 0.928. The molecule has 1 aliphatic heterocycles. The van der Waals surface area contributed by atoms with E-state index in [4.69, 9.17) is 0 Å². The number of hydrogen-bond donors (Lipinski definition) is 3. The summed E-state index contributed by atoms with van der Waals surface area (Å²) in [4.78, 5) is 17.1. The summed E-state index contributed by atoms with van der Waals surface area (Å²) in [6.07, 6.45) is 1.68.